The largest absolute Gasteiger partial charge is 0.392 e. The molecule has 3 rings (SSSR count). The third-order valence-electron chi connectivity index (χ3n) is 3.66. The van der Waals surface area contributed by atoms with Gasteiger partial charge in [0.25, 0.3) is 0 Å². The lowest BCUT2D eigenvalue weighted by Gasteiger charge is -2.18. The molecule has 5 heteroatoms. The standard InChI is InChI=1S/C14H19N3OS/c1-8-3-4-10-11(5-8)19-14-12(10)13(16-7-17-14)15-6-9(2)18/h7-9,18H,3-6H2,1-2H3,(H,15,16,17)/t8-,9+/m1/s1. The molecular formula is C14H19N3OS. The number of thiophene rings is 1. The number of aromatic nitrogens is 2. The van der Waals surface area contributed by atoms with E-state index in [0.29, 0.717) is 6.54 Å². The molecule has 2 aromatic heterocycles. The first kappa shape index (κ1) is 12.8. The van der Waals surface area contributed by atoms with Gasteiger partial charge in [-0.05, 0) is 37.7 Å². The molecule has 0 spiro atoms. The molecule has 1 aliphatic carbocycles. The second-order valence-electron chi connectivity index (χ2n) is 5.48. The Morgan fingerprint density at radius 1 is 1.53 bits per heavy atom. The van der Waals surface area contributed by atoms with Gasteiger partial charge >= 0.3 is 0 Å². The van der Waals surface area contributed by atoms with Crippen LogP contribution in [0.4, 0.5) is 5.82 Å². The summed E-state index contributed by atoms with van der Waals surface area (Å²) in [5.74, 6) is 1.64. The van der Waals surface area contributed by atoms with Crippen LogP contribution in [0.15, 0.2) is 6.33 Å². The topological polar surface area (TPSA) is 58.0 Å². The van der Waals surface area contributed by atoms with Gasteiger partial charge in [0.15, 0.2) is 0 Å². The zero-order chi connectivity index (χ0) is 13.4. The molecular weight excluding hydrogens is 258 g/mol. The summed E-state index contributed by atoms with van der Waals surface area (Å²) in [4.78, 5) is 11.3. The highest BCUT2D eigenvalue weighted by molar-refractivity contribution is 7.19. The lowest BCUT2D eigenvalue weighted by atomic mass is 9.89. The van der Waals surface area contributed by atoms with Gasteiger partial charge in [-0.15, -0.1) is 11.3 Å². The average molecular weight is 277 g/mol. The Kier molecular flexibility index (Phi) is 3.41. The van der Waals surface area contributed by atoms with E-state index in [0.717, 1.165) is 29.4 Å². The number of nitrogens with one attached hydrogen (secondary N) is 1. The van der Waals surface area contributed by atoms with E-state index in [-0.39, 0.29) is 6.10 Å². The van der Waals surface area contributed by atoms with Gasteiger partial charge in [0.2, 0.25) is 0 Å². The number of aliphatic hydroxyl groups is 1. The summed E-state index contributed by atoms with van der Waals surface area (Å²) in [5, 5.41) is 13.8. The van der Waals surface area contributed by atoms with Crippen molar-refractivity contribution in [1.82, 2.24) is 9.97 Å². The third kappa shape index (κ3) is 2.44. The van der Waals surface area contributed by atoms with Gasteiger partial charge in [-0.3, -0.25) is 0 Å². The Balaban J connectivity index is 2.03. The van der Waals surface area contributed by atoms with Crippen LogP contribution >= 0.6 is 11.3 Å². The molecule has 0 fully saturated rings. The fourth-order valence-corrected chi connectivity index (χ4v) is 4.00. The summed E-state index contributed by atoms with van der Waals surface area (Å²) in [6, 6.07) is 0. The van der Waals surface area contributed by atoms with Gasteiger partial charge in [0.1, 0.15) is 17.0 Å². The maximum atomic E-state index is 9.41. The fourth-order valence-electron chi connectivity index (χ4n) is 2.65. The lowest BCUT2D eigenvalue weighted by Crippen LogP contribution is -2.16. The number of aliphatic hydroxyl groups excluding tert-OH is 1. The predicted octanol–water partition coefficient (Wildman–Crippen LogP) is 2.61. The number of aryl methyl sites for hydroxylation is 1. The van der Waals surface area contributed by atoms with Crippen molar-refractivity contribution in [2.24, 2.45) is 5.92 Å². The molecule has 0 saturated heterocycles. The molecule has 0 aromatic carbocycles. The van der Waals surface area contributed by atoms with E-state index in [1.807, 2.05) is 0 Å². The first-order valence-electron chi connectivity index (χ1n) is 6.82. The number of hydrogen-bond acceptors (Lipinski definition) is 5. The van der Waals surface area contributed by atoms with Crippen LogP contribution in [0.1, 0.15) is 30.7 Å². The fraction of sp³-hybridized carbons (Fsp3) is 0.571. The van der Waals surface area contributed by atoms with Gasteiger partial charge in [0, 0.05) is 11.4 Å². The van der Waals surface area contributed by atoms with Crippen LogP contribution in [0.2, 0.25) is 0 Å². The van der Waals surface area contributed by atoms with Crippen molar-refractivity contribution in [2.45, 2.75) is 39.2 Å². The van der Waals surface area contributed by atoms with Crippen molar-refractivity contribution >= 4 is 27.4 Å². The van der Waals surface area contributed by atoms with Crippen LogP contribution in [0, 0.1) is 5.92 Å². The molecule has 0 radical (unpaired) electrons. The van der Waals surface area contributed by atoms with Gasteiger partial charge in [0.05, 0.1) is 11.5 Å². The summed E-state index contributed by atoms with van der Waals surface area (Å²) in [7, 11) is 0. The molecule has 0 unspecified atom stereocenters. The van der Waals surface area contributed by atoms with E-state index >= 15 is 0 Å². The second-order valence-corrected chi connectivity index (χ2v) is 6.57. The number of hydrogen-bond donors (Lipinski definition) is 2. The Hall–Kier alpha value is -1.20. The van der Waals surface area contributed by atoms with E-state index in [9.17, 15) is 5.11 Å². The minimum atomic E-state index is -0.375. The third-order valence-corrected chi connectivity index (χ3v) is 4.82. The average Bonchev–Trinajstić information content (AvgIpc) is 2.73. The minimum absolute atomic E-state index is 0.375. The van der Waals surface area contributed by atoms with Crippen molar-refractivity contribution in [3.63, 3.8) is 0 Å². The summed E-state index contributed by atoms with van der Waals surface area (Å²) in [5.41, 5.74) is 1.42. The number of fused-ring (bicyclic) bond motifs is 3. The van der Waals surface area contributed by atoms with Gasteiger partial charge in [-0.2, -0.15) is 0 Å². The number of anilines is 1. The first-order valence-corrected chi connectivity index (χ1v) is 7.64. The first-order chi connectivity index (χ1) is 9.15. The molecule has 2 aromatic rings. The number of nitrogens with zero attached hydrogens (tertiary/aromatic N) is 2. The highest BCUT2D eigenvalue weighted by Crippen LogP contribution is 2.39. The van der Waals surface area contributed by atoms with Crippen molar-refractivity contribution in [2.75, 3.05) is 11.9 Å². The zero-order valence-electron chi connectivity index (χ0n) is 11.3. The second kappa shape index (κ2) is 5.06. The normalized spacial score (nSPS) is 20.3. The van der Waals surface area contributed by atoms with Crippen molar-refractivity contribution in [3.05, 3.63) is 16.8 Å². The minimum Gasteiger partial charge on any atom is -0.392 e. The molecule has 2 heterocycles. The molecule has 102 valence electrons. The van der Waals surface area contributed by atoms with Crippen molar-refractivity contribution in [3.8, 4) is 0 Å². The monoisotopic (exact) mass is 277 g/mol. The molecule has 0 aliphatic heterocycles. The Labute approximate surface area is 116 Å². The van der Waals surface area contributed by atoms with E-state index < -0.39 is 0 Å². The van der Waals surface area contributed by atoms with Gasteiger partial charge in [-0.1, -0.05) is 6.92 Å². The van der Waals surface area contributed by atoms with Crippen molar-refractivity contribution < 1.29 is 5.11 Å². The molecule has 2 N–H and O–H groups in total. The molecule has 0 saturated carbocycles. The quantitative estimate of drug-likeness (QED) is 0.905. The smallest absolute Gasteiger partial charge is 0.138 e. The van der Waals surface area contributed by atoms with Crippen LogP contribution < -0.4 is 5.32 Å². The maximum Gasteiger partial charge on any atom is 0.138 e. The molecule has 0 bridgehead atoms. The van der Waals surface area contributed by atoms with E-state index in [4.69, 9.17) is 0 Å². The summed E-state index contributed by atoms with van der Waals surface area (Å²) in [6.07, 6.45) is 4.75. The van der Waals surface area contributed by atoms with Gasteiger partial charge in [-0.25, -0.2) is 9.97 Å². The highest BCUT2D eigenvalue weighted by Gasteiger charge is 2.22. The van der Waals surface area contributed by atoms with E-state index in [1.54, 1.807) is 24.6 Å². The van der Waals surface area contributed by atoms with Crippen LogP contribution in [-0.2, 0) is 12.8 Å². The molecule has 1 aliphatic rings. The maximum absolute atomic E-state index is 9.41. The van der Waals surface area contributed by atoms with Crippen molar-refractivity contribution in [1.29, 1.82) is 0 Å². The van der Waals surface area contributed by atoms with Crippen LogP contribution in [-0.4, -0.2) is 27.7 Å². The molecule has 4 nitrogen and oxygen atoms in total. The lowest BCUT2D eigenvalue weighted by molar-refractivity contribution is 0.208. The zero-order valence-corrected chi connectivity index (χ0v) is 12.1. The Morgan fingerprint density at radius 3 is 3.16 bits per heavy atom. The molecule has 2 atom stereocenters. The predicted molar refractivity (Wildman–Crippen MR) is 78.8 cm³/mol. The Morgan fingerprint density at radius 2 is 2.37 bits per heavy atom. The molecule has 0 amide bonds. The van der Waals surface area contributed by atoms with Crippen LogP contribution in [0.3, 0.4) is 0 Å². The van der Waals surface area contributed by atoms with Crippen LogP contribution in [0.5, 0.6) is 0 Å². The summed E-state index contributed by atoms with van der Waals surface area (Å²) >= 11 is 1.80. The highest BCUT2D eigenvalue weighted by atomic mass is 32.1. The number of rotatable bonds is 3. The van der Waals surface area contributed by atoms with Gasteiger partial charge < -0.3 is 10.4 Å². The SMILES string of the molecule is C[C@@H]1CCc2c(sc3ncnc(NC[C@H](C)O)c23)C1. The van der Waals surface area contributed by atoms with E-state index in [2.05, 4.69) is 22.2 Å². The molecule has 19 heavy (non-hydrogen) atoms. The van der Waals surface area contributed by atoms with E-state index in [1.165, 1.54) is 22.2 Å². The summed E-state index contributed by atoms with van der Waals surface area (Å²) < 4.78 is 0. The Bertz CT molecular complexity index is 594. The summed E-state index contributed by atoms with van der Waals surface area (Å²) in [6.45, 7) is 4.61. The van der Waals surface area contributed by atoms with Crippen LogP contribution in [0.25, 0.3) is 10.2 Å².